The fourth-order valence-corrected chi connectivity index (χ4v) is 7.89. The summed E-state index contributed by atoms with van der Waals surface area (Å²) in [4.78, 5) is 24.3. The van der Waals surface area contributed by atoms with Gasteiger partial charge in [0.15, 0.2) is 5.78 Å². The summed E-state index contributed by atoms with van der Waals surface area (Å²) in [6.45, 7) is 8.91. The van der Waals surface area contributed by atoms with E-state index in [2.05, 4.69) is 20.8 Å². The van der Waals surface area contributed by atoms with Gasteiger partial charge in [0.1, 0.15) is 12.1 Å². The number of hydrogen-bond donors (Lipinski definition) is 1. The molecule has 8 atom stereocenters. The van der Waals surface area contributed by atoms with Crippen molar-refractivity contribution >= 4 is 11.8 Å². The van der Waals surface area contributed by atoms with Crippen molar-refractivity contribution in [1.29, 1.82) is 0 Å². The maximum atomic E-state index is 12.3. The largest absolute Gasteiger partial charge is 0.461 e. The zero-order chi connectivity index (χ0) is 21.0. The summed E-state index contributed by atoms with van der Waals surface area (Å²) in [5, 5.41) is 0. The summed E-state index contributed by atoms with van der Waals surface area (Å²) in [6, 6.07) is -0.504. The van der Waals surface area contributed by atoms with E-state index in [9.17, 15) is 9.59 Å². The summed E-state index contributed by atoms with van der Waals surface area (Å²) in [7, 11) is 0. The number of esters is 1. The number of nitrogens with two attached hydrogens (primary N) is 1. The molecule has 0 aromatic rings. The zero-order valence-corrected chi connectivity index (χ0v) is 18.7. The lowest BCUT2D eigenvalue weighted by Gasteiger charge is -2.58. The highest BCUT2D eigenvalue weighted by molar-refractivity contribution is 5.91. The molecule has 0 bridgehead atoms. The van der Waals surface area contributed by atoms with E-state index in [0.29, 0.717) is 30.0 Å². The highest BCUT2D eigenvalue weighted by atomic mass is 16.5. The van der Waals surface area contributed by atoms with E-state index in [1.54, 1.807) is 0 Å². The third kappa shape index (κ3) is 3.30. The maximum Gasteiger partial charge on any atom is 0.323 e. The second-order valence-corrected chi connectivity index (χ2v) is 10.9. The lowest BCUT2D eigenvalue weighted by Crippen LogP contribution is -2.51. The molecule has 4 heteroatoms. The minimum atomic E-state index is -0.504. The van der Waals surface area contributed by atoms with Crippen molar-refractivity contribution in [1.82, 2.24) is 0 Å². The summed E-state index contributed by atoms with van der Waals surface area (Å²) < 4.78 is 5.84. The van der Waals surface area contributed by atoms with E-state index >= 15 is 0 Å². The number of rotatable bonds is 4. The van der Waals surface area contributed by atoms with Gasteiger partial charge in [0.25, 0.3) is 0 Å². The Balaban J connectivity index is 1.52. The van der Waals surface area contributed by atoms with Crippen LogP contribution in [0, 0.1) is 34.5 Å². The van der Waals surface area contributed by atoms with Crippen molar-refractivity contribution in [2.24, 2.45) is 40.2 Å². The molecule has 4 rings (SSSR count). The Bertz CT molecular complexity index is 715. The molecule has 0 aliphatic heterocycles. The van der Waals surface area contributed by atoms with E-state index in [1.807, 2.05) is 13.0 Å². The summed E-state index contributed by atoms with van der Waals surface area (Å²) in [5.41, 5.74) is 7.81. The molecule has 4 aliphatic rings. The first-order valence-corrected chi connectivity index (χ1v) is 11.9. The highest BCUT2D eigenvalue weighted by Gasteiger charge is 2.60. The summed E-state index contributed by atoms with van der Waals surface area (Å²) in [6.07, 6.45) is 11.5. The third-order valence-corrected chi connectivity index (χ3v) is 9.65. The molecule has 4 aliphatic carbocycles. The van der Waals surface area contributed by atoms with Crippen LogP contribution >= 0.6 is 0 Å². The Morgan fingerprint density at radius 2 is 1.93 bits per heavy atom. The minimum Gasteiger partial charge on any atom is -0.461 e. The van der Waals surface area contributed by atoms with E-state index in [1.165, 1.54) is 31.3 Å². The first-order chi connectivity index (χ1) is 13.7. The van der Waals surface area contributed by atoms with Gasteiger partial charge in [-0.05, 0) is 93.0 Å². The molecule has 0 aromatic carbocycles. The van der Waals surface area contributed by atoms with Crippen molar-refractivity contribution in [3.63, 3.8) is 0 Å². The van der Waals surface area contributed by atoms with Crippen LogP contribution in [0.4, 0.5) is 0 Å². The lowest BCUT2D eigenvalue weighted by atomic mass is 9.46. The van der Waals surface area contributed by atoms with Crippen LogP contribution < -0.4 is 5.73 Å². The molecule has 4 nitrogen and oxygen atoms in total. The van der Waals surface area contributed by atoms with Crippen LogP contribution in [0.1, 0.15) is 85.5 Å². The van der Waals surface area contributed by atoms with Crippen molar-refractivity contribution in [2.75, 3.05) is 0 Å². The molecule has 3 saturated carbocycles. The van der Waals surface area contributed by atoms with Gasteiger partial charge in [-0.1, -0.05) is 26.3 Å². The van der Waals surface area contributed by atoms with Gasteiger partial charge in [0.05, 0.1) is 0 Å². The monoisotopic (exact) mass is 401 g/mol. The number of ether oxygens (including phenoxy) is 1. The molecule has 0 heterocycles. The number of carbonyl (C=O) groups is 2. The van der Waals surface area contributed by atoms with E-state index < -0.39 is 6.04 Å². The lowest BCUT2D eigenvalue weighted by molar-refractivity contribution is -0.157. The van der Waals surface area contributed by atoms with Crippen LogP contribution in [-0.2, 0) is 14.3 Å². The van der Waals surface area contributed by atoms with Gasteiger partial charge in [0.2, 0.25) is 0 Å². The molecule has 29 heavy (non-hydrogen) atoms. The second kappa shape index (κ2) is 7.51. The Morgan fingerprint density at radius 3 is 2.66 bits per heavy atom. The number of fused-ring (bicyclic) bond motifs is 5. The van der Waals surface area contributed by atoms with Gasteiger partial charge >= 0.3 is 5.97 Å². The van der Waals surface area contributed by atoms with Gasteiger partial charge in [-0.15, -0.1) is 0 Å². The Hall–Kier alpha value is -1.16. The van der Waals surface area contributed by atoms with E-state index in [0.717, 1.165) is 31.6 Å². The zero-order valence-electron chi connectivity index (χ0n) is 18.7. The predicted molar refractivity (Wildman–Crippen MR) is 114 cm³/mol. The molecule has 162 valence electrons. The van der Waals surface area contributed by atoms with Gasteiger partial charge in [-0.25, -0.2) is 0 Å². The fraction of sp³-hybridized carbons (Fsp3) is 0.840. The Labute approximate surface area is 176 Å². The van der Waals surface area contributed by atoms with Crippen LogP contribution in [0.15, 0.2) is 11.6 Å². The average molecular weight is 402 g/mol. The third-order valence-electron chi connectivity index (χ3n) is 9.65. The SMILES string of the molecule is CCC(N)C(=O)O[C@@H](C)[C@H]1CCC2C3CCC4=CC(=O)CC[C@]4(C)C3CC[C@@]21C. The molecule has 0 radical (unpaired) electrons. The normalized spacial score (nSPS) is 43.5. The number of hydrogen-bond acceptors (Lipinski definition) is 4. The van der Waals surface area contributed by atoms with Gasteiger partial charge in [-0.2, -0.15) is 0 Å². The van der Waals surface area contributed by atoms with Crippen LogP contribution in [0.2, 0.25) is 0 Å². The summed E-state index contributed by atoms with van der Waals surface area (Å²) >= 11 is 0. The van der Waals surface area contributed by atoms with Crippen molar-refractivity contribution < 1.29 is 14.3 Å². The standard InChI is InChI=1S/C25H39NO3/c1-5-22(26)23(28)29-15(2)19-8-9-20-18-7-6-16-14-17(27)10-12-24(16,3)21(18)11-13-25(19,20)4/h14-15,18-22H,5-13,26H2,1-4H3/t15-,18?,19+,20?,21?,22?,24-,25+/m0/s1. The molecule has 2 N–H and O–H groups in total. The fourth-order valence-electron chi connectivity index (χ4n) is 7.89. The molecule has 0 amide bonds. The Morgan fingerprint density at radius 1 is 1.17 bits per heavy atom. The van der Waals surface area contributed by atoms with Crippen molar-refractivity contribution in [2.45, 2.75) is 97.6 Å². The molecular formula is C25H39NO3. The van der Waals surface area contributed by atoms with Gasteiger partial charge in [0, 0.05) is 12.3 Å². The average Bonchev–Trinajstić information content (AvgIpc) is 3.05. The molecule has 0 saturated heterocycles. The Kier molecular flexibility index (Phi) is 5.46. The molecule has 4 unspecified atom stereocenters. The van der Waals surface area contributed by atoms with Crippen LogP contribution in [0.3, 0.4) is 0 Å². The number of allylic oxidation sites excluding steroid dienone is 1. The summed E-state index contributed by atoms with van der Waals surface area (Å²) in [5.74, 6) is 2.68. The highest BCUT2D eigenvalue weighted by Crippen LogP contribution is 2.67. The van der Waals surface area contributed by atoms with E-state index in [4.69, 9.17) is 10.5 Å². The van der Waals surface area contributed by atoms with E-state index in [-0.39, 0.29) is 22.9 Å². The quantitative estimate of drug-likeness (QED) is 0.687. The number of ketones is 1. The molecule has 0 aromatic heterocycles. The number of carbonyl (C=O) groups excluding carboxylic acids is 2. The molecule has 0 spiro atoms. The first kappa shape index (κ1) is 21.1. The molecule has 3 fully saturated rings. The predicted octanol–water partition coefficient (Wildman–Crippen LogP) is 4.80. The van der Waals surface area contributed by atoms with Crippen LogP contribution in [0.25, 0.3) is 0 Å². The van der Waals surface area contributed by atoms with Crippen LogP contribution in [0.5, 0.6) is 0 Å². The molecular weight excluding hydrogens is 362 g/mol. The van der Waals surface area contributed by atoms with Crippen LogP contribution in [-0.4, -0.2) is 23.9 Å². The second-order valence-electron chi connectivity index (χ2n) is 10.9. The maximum absolute atomic E-state index is 12.3. The van der Waals surface area contributed by atoms with Crippen molar-refractivity contribution in [3.8, 4) is 0 Å². The van der Waals surface area contributed by atoms with Gasteiger partial charge in [-0.3, -0.25) is 9.59 Å². The smallest absolute Gasteiger partial charge is 0.323 e. The first-order valence-electron chi connectivity index (χ1n) is 11.9. The minimum absolute atomic E-state index is 0.0615. The topological polar surface area (TPSA) is 69.4 Å². The van der Waals surface area contributed by atoms with Crippen molar-refractivity contribution in [3.05, 3.63) is 11.6 Å². The van der Waals surface area contributed by atoms with Gasteiger partial charge < -0.3 is 10.5 Å².